The van der Waals surface area contributed by atoms with Crippen molar-refractivity contribution >= 4 is 15.5 Å². The van der Waals surface area contributed by atoms with Gasteiger partial charge in [-0.2, -0.15) is 0 Å². The van der Waals surface area contributed by atoms with E-state index < -0.39 is 9.84 Å². The highest BCUT2D eigenvalue weighted by molar-refractivity contribution is 7.91. The van der Waals surface area contributed by atoms with Crippen LogP contribution in [0.25, 0.3) is 11.1 Å². The van der Waals surface area contributed by atoms with Crippen molar-refractivity contribution in [2.24, 2.45) is 5.92 Å². The van der Waals surface area contributed by atoms with Crippen molar-refractivity contribution < 1.29 is 13.2 Å². The van der Waals surface area contributed by atoms with Crippen LogP contribution in [0.3, 0.4) is 0 Å². The van der Waals surface area contributed by atoms with Crippen LogP contribution in [-0.2, 0) is 14.6 Å². The molecule has 1 fully saturated rings. The van der Waals surface area contributed by atoms with Crippen molar-refractivity contribution in [1.82, 2.24) is 4.98 Å². The number of rotatable bonds is 8. The molecule has 0 spiro atoms. The normalized spacial score (nSPS) is 14.4. The molecule has 6 nitrogen and oxygen atoms in total. The number of nitrogens with one attached hydrogen (secondary N) is 2. The summed E-state index contributed by atoms with van der Waals surface area (Å²) in [5.74, 6) is 0.548. The molecule has 7 heteroatoms. The molecule has 0 amide bonds. The van der Waals surface area contributed by atoms with Crippen molar-refractivity contribution in [3.8, 4) is 11.1 Å². The molecule has 0 saturated heterocycles. The van der Waals surface area contributed by atoms with Gasteiger partial charge in [-0.1, -0.05) is 18.2 Å². The van der Waals surface area contributed by atoms with Gasteiger partial charge >= 0.3 is 0 Å². The van der Waals surface area contributed by atoms with Gasteiger partial charge in [-0.05, 0) is 37.3 Å². The van der Waals surface area contributed by atoms with E-state index in [-0.39, 0.29) is 22.8 Å². The average molecular weight is 376 g/mol. The standard InChI is InChI=1S/C19H24N2O4S/c1-13-16(11-21-19(22)18(13)20-2)15-5-3-4-6-17(15)26(23,24)10-9-25-12-14-7-8-14/h3-6,11,14,20H,7-10,12H2,1-2H3,(H,21,22). The van der Waals surface area contributed by atoms with E-state index in [9.17, 15) is 13.2 Å². The molecular weight excluding hydrogens is 352 g/mol. The number of H-pyrrole nitrogens is 1. The minimum atomic E-state index is -3.50. The van der Waals surface area contributed by atoms with Crippen LogP contribution in [0.1, 0.15) is 18.4 Å². The number of aromatic nitrogens is 1. The third-order valence-electron chi connectivity index (χ3n) is 4.66. The molecule has 2 N–H and O–H groups in total. The van der Waals surface area contributed by atoms with Crippen LogP contribution in [-0.4, -0.2) is 39.4 Å². The summed E-state index contributed by atoms with van der Waals surface area (Å²) in [5.41, 5.74) is 2.18. The first-order valence-electron chi connectivity index (χ1n) is 8.74. The van der Waals surface area contributed by atoms with Crippen LogP contribution in [0, 0.1) is 12.8 Å². The molecule has 1 aromatic carbocycles. The predicted octanol–water partition coefficient (Wildman–Crippen LogP) is 2.59. The van der Waals surface area contributed by atoms with Crippen molar-refractivity contribution in [2.75, 3.05) is 31.3 Å². The summed E-state index contributed by atoms with van der Waals surface area (Å²) in [6, 6.07) is 6.87. The van der Waals surface area contributed by atoms with Crippen LogP contribution in [0.15, 0.2) is 40.2 Å². The quantitative estimate of drug-likeness (QED) is 0.692. The lowest BCUT2D eigenvalue weighted by Gasteiger charge is -2.14. The van der Waals surface area contributed by atoms with E-state index in [2.05, 4.69) is 10.3 Å². The lowest BCUT2D eigenvalue weighted by Crippen LogP contribution is -2.16. The molecule has 0 atom stereocenters. The highest BCUT2D eigenvalue weighted by atomic mass is 32.2. The Hall–Kier alpha value is -2.12. The van der Waals surface area contributed by atoms with Crippen molar-refractivity contribution in [1.29, 1.82) is 0 Å². The molecule has 1 aliphatic rings. The van der Waals surface area contributed by atoms with Gasteiger partial charge in [-0.25, -0.2) is 8.42 Å². The van der Waals surface area contributed by atoms with Gasteiger partial charge in [0, 0.05) is 31.0 Å². The number of ether oxygens (including phenoxy) is 1. The van der Waals surface area contributed by atoms with Crippen LogP contribution < -0.4 is 10.9 Å². The van der Waals surface area contributed by atoms with Crippen molar-refractivity contribution in [3.05, 3.63) is 46.4 Å². The molecule has 1 saturated carbocycles. The number of benzene rings is 1. The Morgan fingerprint density at radius 2 is 1.96 bits per heavy atom. The molecule has 140 valence electrons. The second-order valence-corrected chi connectivity index (χ2v) is 8.69. The summed E-state index contributed by atoms with van der Waals surface area (Å²) < 4.78 is 31.2. The highest BCUT2D eigenvalue weighted by Crippen LogP contribution is 2.32. The summed E-state index contributed by atoms with van der Waals surface area (Å²) in [6.07, 6.45) is 3.92. The SMILES string of the molecule is CNc1c(C)c(-c2ccccc2S(=O)(=O)CCOCC2CC2)c[nH]c1=O. The largest absolute Gasteiger partial charge is 0.383 e. The fourth-order valence-corrected chi connectivity index (χ4v) is 4.33. The van der Waals surface area contributed by atoms with Crippen LogP contribution in [0.5, 0.6) is 0 Å². The van der Waals surface area contributed by atoms with Gasteiger partial charge in [0.1, 0.15) is 5.69 Å². The summed E-state index contributed by atoms with van der Waals surface area (Å²) >= 11 is 0. The Labute approximate surface area is 153 Å². The zero-order valence-corrected chi connectivity index (χ0v) is 15.9. The average Bonchev–Trinajstić information content (AvgIpc) is 3.44. The maximum atomic E-state index is 12.9. The molecule has 3 rings (SSSR count). The molecule has 1 heterocycles. The number of pyridine rings is 1. The predicted molar refractivity (Wildman–Crippen MR) is 102 cm³/mol. The van der Waals surface area contributed by atoms with Crippen molar-refractivity contribution in [3.63, 3.8) is 0 Å². The first-order chi connectivity index (χ1) is 12.4. The van der Waals surface area contributed by atoms with E-state index in [0.29, 0.717) is 34.9 Å². The zero-order valence-electron chi connectivity index (χ0n) is 15.0. The van der Waals surface area contributed by atoms with E-state index in [1.54, 1.807) is 44.4 Å². The number of sulfone groups is 1. The van der Waals surface area contributed by atoms with Gasteiger partial charge in [0.15, 0.2) is 9.84 Å². The number of aromatic amines is 1. The van der Waals surface area contributed by atoms with E-state index in [0.717, 1.165) is 0 Å². The monoisotopic (exact) mass is 376 g/mol. The Morgan fingerprint density at radius 3 is 2.65 bits per heavy atom. The molecule has 2 aromatic rings. The third-order valence-corrected chi connectivity index (χ3v) is 6.39. The van der Waals surface area contributed by atoms with Crippen molar-refractivity contribution in [2.45, 2.75) is 24.7 Å². The van der Waals surface area contributed by atoms with E-state index >= 15 is 0 Å². The number of anilines is 1. The fraction of sp³-hybridized carbons (Fsp3) is 0.421. The van der Waals surface area contributed by atoms with E-state index in [1.165, 1.54) is 12.8 Å². The molecule has 0 radical (unpaired) electrons. The van der Waals surface area contributed by atoms with Gasteiger partial charge in [0.2, 0.25) is 0 Å². The Bertz CT molecular complexity index is 946. The highest BCUT2D eigenvalue weighted by Gasteiger charge is 2.23. The maximum absolute atomic E-state index is 12.9. The Morgan fingerprint density at radius 1 is 1.23 bits per heavy atom. The van der Waals surface area contributed by atoms with Crippen LogP contribution >= 0.6 is 0 Å². The van der Waals surface area contributed by atoms with Crippen LogP contribution in [0.2, 0.25) is 0 Å². The van der Waals surface area contributed by atoms with Gasteiger partial charge < -0.3 is 15.0 Å². The maximum Gasteiger partial charge on any atom is 0.271 e. The van der Waals surface area contributed by atoms with Gasteiger partial charge in [0.25, 0.3) is 5.56 Å². The molecule has 1 aromatic heterocycles. The zero-order chi connectivity index (χ0) is 18.7. The number of hydrogen-bond donors (Lipinski definition) is 2. The molecule has 26 heavy (non-hydrogen) atoms. The minimum absolute atomic E-state index is 0.0575. The smallest absolute Gasteiger partial charge is 0.271 e. The summed E-state index contributed by atoms with van der Waals surface area (Å²) in [6.45, 7) is 2.64. The molecular formula is C19H24N2O4S. The summed E-state index contributed by atoms with van der Waals surface area (Å²) in [5, 5.41) is 2.88. The second-order valence-electron chi connectivity index (χ2n) is 6.61. The Balaban J connectivity index is 1.91. The first kappa shape index (κ1) is 18.7. The minimum Gasteiger partial charge on any atom is -0.383 e. The summed E-state index contributed by atoms with van der Waals surface area (Å²) in [4.78, 5) is 14.8. The summed E-state index contributed by atoms with van der Waals surface area (Å²) in [7, 11) is -1.83. The van der Waals surface area contributed by atoms with Crippen LogP contribution in [0.4, 0.5) is 5.69 Å². The number of hydrogen-bond acceptors (Lipinski definition) is 5. The van der Waals surface area contributed by atoms with E-state index in [4.69, 9.17) is 4.74 Å². The molecule has 0 bridgehead atoms. The third kappa shape index (κ3) is 3.99. The molecule has 0 aliphatic heterocycles. The fourth-order valence-electron chi connectivity index (χ4n) is 2.98. The van der Waals surface area contributed by atoms with Gasteiger partial charge in [-0.15, -0.1) is 0 Å². The molecule has 0 unspecified atom stereocenters. The Kier molecular flexibility index (Phi) is 5.48. The lowest BCUT2D eigenvalue weighted by molar-refractivity contribution is 0.138. The van der Waals surface area contributed by atoms with E-state index in [1.807, 2.05) is 0 Å². The first-order valence-corrected chi connectivity index (χ1v) is 10.4. The van der Waals surface area contributed by atoms with Gasteiger partial charge in [-0.3, -0.25) is 4.79 Å². The lowest BCUT2D eigenvalue weighted by atomic mass is 10.0. The molecule has 1 aliphatic carbocycles. The second kappa shape index (κ2) is 7.63. The topological polar surface area (TPSA) is 88.3 Å². The van der Waals surface area contributed by atoms with Gasteiger partial charge in [0.05, 0.1) is 17.3 Å².